The molecule has 4 rings (SSSR count). The molecule has 2 aliphatic carbocycles. The first kappa shape index (κ1) is 33.1. The molecule has 9 heteroatoms. The van der Waals surface area contributed by atoms with E-state index in [1.54, 1.807) is 6.20 Å². The Hall–Kier alpha value is -2.83. The summed E-state index contributed by atoms with van der Waals surface area (Å²) in [5, 5.41) is 11.8. The number of pyridine rings is 1. The number of carbonyl (C=O) groups excluding carboxylic acids is 1. The van der Waals surface area contributed by atoms with Crippen LogP contribution >= 0.6 is 0 Å². The first-order chi connectivity index (χ1) is 19.8. The summed E-state index contributed by atoms with van der Waals surface area (Å²) in [6.45, 7) is 23.9. The second-order valence-electron chi connectivity index (χ2n) is 15.9. The lowest BCUT2D eigenvalue weighted by molar-refractivity contribution is 0.0303. The van der Waals surface area contributed by atoms with Crippen LogP contribution in [0.3, 0.4) is 0 Å². The molecule has 2 aromatic heterocycles. The van der Waals surface area contributed by atoms with Crippen molar-refractivity contribution in [2.75, 3.05) is 5.32 Å². The fraction of sp³-hybridized carbons (Fsp3) is 0.676. The van der Waals surface area contributed by atoms with Gasteiger partial charge in [-0.25, -0.2) is 14.5 Å². The lowest BCUT2D eigenvalue weighted by atomic mass is 9.83. The van der Waals surface area contributed by atoms with E-state index in [0.29, 0.717) is 17.7 Å². The molecule has 2 aliphatic rings. The molecule has 43 heavy (non-hydrogen) atoms. The molecular weight excluding hydrogens is 554 g/mol. The molecule has 1 amide bonds. The van der Waals surface area contributed by atoms with Crippen molar-refractivity contribution in [3.8, 4) is 11.8 Å². The number of nitrogens with one attached hydrogen (secondary N) is 2. The molecule has 2 aromatic rings. The SMILES string of the molecule is CC(C)(C)NC(=O)OC1CC(C#Cc2cc(Nc3cc([C@H]4CC[C@@H](O[Si](C)(C)C(C)(C)C)C4)nn3C(C)(C)C)ccn2)C1. The molecule has 0 aromatic carbocycles. The van der Waals surface area contributed by atoms with Crippen LogP contribution in [0.4, 0.5) is 16.3 Å². The number of aromatic nitrogens is 3. The Balaban J connectivity index is 1.39. The number of hydrogen-bond donors (Lipinski definition) is 2. The van der Waals surface area contributed by atoms with Crippen LogP contribution in [0.1, 0.15) is 112 Å². The first-order valence-electron chi connectivity index (χ1n) is 15.8. The van der Waals surface area contributed by atoms with Crippen LogP contribution in [-0.2, 0) is 14.7 Å². The molecule has 2 fully saturated rings. The zero-order valence-electron chi connectivity index (χ0n) is 28.2. The number of anilines is 2. The molecule has 8 nitrogen and oxygen atoms in total. The summed E-state index contributed by atoms with van der Waals surface area (Å²) >= 11 is 0. The quantitative estimate of drug-likeness (QED) is 0.255. The number of alkyl carbamates (subject to hydrolysis) is 1. The monoisotopic (exact) mass is 607 g/mol. The minimum Gasteiger partial charge on any atom is -0.446 e. The van der Waals surface area contributed by atoms with Crippen LogP contribution in [0.2, 0.25) is 18.1 Å². The average Bonchev–Trinajstić information content (AvgIpc) is 3.45. The smallest absolute Gasteiger partial charge is 0.407 e. The van der Waals surface area contributed by atoms with Gasteiger partial charge in [-0.15, -0.1) is 0 Å². The predicted octanol–water partition coefficient (Wildman–Crippen LogP) is 8.09. The molecule has 0 unspecified atom stereocenters. The van der Waals surface area contributed by atoms with Crippen molar-refractivity contribution in [3.05, 3.63) is 35.8 Å². The topological polar surface area (TPSA) is 90.3 Å². The van der Waals surface area contributed by atoms with Crippen molar-refractivity contribution in [3.63, 3.8) is 0 Å². The van der Waals surface area contributed by atoms with Crippen LogP contribution in [0, 0.1) is 17.8 Å². The fourth-order valence-electron chi connectivity index (χ4n) is 5.28. The van der Waals surface area contributed by atoms with Gasteiger partial charge in [0.25, 0.3) is 0 Å². The predicted molar refractivity (Wildman–Crippen MR) is 176 cm³/mol. The summed E-state index contributed by atoms with van der Waals surface area (Å²) < 4.78 is 14.4. The summed E-state index contributed by atoms with van der Waals surface area (Å²) in [4.78, 5) is 16.5. The maximum atomic E-state index is 12.0. The Morgan fingerprint density at radius 2 is 1.70 bits per heavy atom. The van der Waals surface area contributed by atoms with Crippen LogP contribution < -0.4 is 10.6 Å². The number of rotatable bonds is 6. The molecule has 2 saturated carbocycles. The maximum absolute atomic E-state index is 12.0. The van der Waals surface area contributed by atoms with E-state index in [4.69, 9.17) is 14.3 Å². The van der Waals surface area contributed by atoms with Gasteiger partial charge in [0, 0.05) is 41.4 Å². The van der Waals surface area contributed by atoms with Crippen molar-refractivity contribution in [2.45, 2.75) is 142 Å². The van der Waals surface area contributed by atoms with Gasteiger partial charge in [-0.1, -0.05) is 26.7 Å². The molecule has 2 heterocycles. The normalized spacial score (nSPS) is 22.8. The van der Waals surface area contributed by atoms with E-state index in [-0.39, 0.29) is 34.2 Å². The standard InChI is InChI=1S/C34H53N5O3Si/c1-32(2,3)37-31(40)41-28-18-23(19-28)12-14-25-21-26(16-17-35-25)36-30-22-29(38-39(30)33(4,5)6)24-13-15-27(20-24)42-43(10,11)34(7,8)9/h16-17,21-24,27-28H,13,15,18-20H2,1-11H3,(H,35,36)(H,37,40)/t23?,24-,27+,28?/m0/s1. The lowest BCUT2D eigenvalue weighted by Crippen LogP contribution is -2.44. The molecule has 0 spiro atoms. The highest BCUT2D eigenvalue weighted by Crippen LogP contribution is 2.43. The van der Waals surface area contributed by atoms with Crippen LogP contribution in [-0.4, -0.2) is 46.9 Å². The van der Waals surface area contributed by atoms with Crippen molar-refractivity contribution < 1.29 is 14.0 Å². The van der Waals surface area contributed by atoms with E-state index in [9.17, 15) is 4.79 Å². The van der Waals surface area contributed by atoms with Gasteiger partial charge in [0.1, 0.15) is 17.6 Å². The molecule has 2 N–H and O–H groups in total. The molecular formula is C34H53N5O3Si. The van der Waals surface area contributed by atoms with Crippen LogP contribution in [0.25, 0.3) is 0 Å². The Kier molecular flexibility index (Phi) is 9.44. The Morgan fingerprint density at radius 3 is 2.33 bits per heavy atom. The van der Waals surface area contributed by atoms with E-state index in [2.05, 4.69) is 92.8 Å². The molecule has 2 atom stereocenters. The zero-order chi connectivity index (χ0) is 31.8. The summed E-state index contributed by atoms with van der Waals surface area (Å²) in [5.41, 5.74) is 2.28. The van der Waals surface area contributed by atoms with Crippen LogP contribution in [0.15, 0.2) is 24.4 Å². The number of nitrogens with zero attached hydrogens (tertiary/aromatic N) is 3. The van der Waals surface area contributed by atoms with Gasteiger partial charge in [-0.2, -0.15) is 5.10 Å². The Labute approximate surface area is 260 Å². The van der Waals surface area contributed by atoms with E-state index in [1.165, 1.54) is 0 Å². The number of hydrogen-bond acceptors (Lipinski definition) is 6. The highest BCUT2D eigenvalue weighted by molar-refractivity contribution is 6.74. The van der Waals surface area contributed by atoms with Crippen molar-refractivity contribution in [1.29, 1.82) is 0 Å². The van der Waals surface area contributed by atoms with Crippen molar-refractivity contribution >= 4 is 25.9 Å². The van der Waals surface area contributed by atoms with E-state index in [1.807, 2.05) is 32.9 Å². The van der Waals surface area contributed by atoms with E-state index in [0.717, 1.165) is 49.3 Å². The van der Waals surface area contributed by atoms with Crippen LogP contribution in [0.5, 0.6) is 0 Å². The molecule has 0 aliphatic heterocycles. The minimum absolute atomic E-state index is 0.0803. The highest BCUT2D eigenvalue weighted by atomic mass is 28.4. The fourth-order valence-corrected chi connectivity index (χ4v) is 6.68. The molecule has 0 bridgehead atoms. The highest BCUT2D eigenvalue weighted by Gasteiger charge is 2.41. The average molecular weight is 608 g/mol. The van der Waals surface area contributed by atoms with Gasteiger partial charge < -0.3 is 19.8 Å². The maximum Gasteiger partial charge on any atom is 0.407 e. The number of amides is 1. The summed E-state index contributed by atoms with van der Waals surface area (Å²) in [7, 11) is -1.80. The summed E-state index contributed by atoms with van der Waals surface area (Å²) in [5.74, 6) is 8.09. The third kappa shape index (κ3) is 8.85. The van der Waals surface area contributed by atoms with Crippen molar-refractivity contribution in [2.24, 2.45) is 5.92 Å². The number of carbonyl (C=O) groups is 1. The Morgan fingerprint density at radius 1 is 1.00 bits per heavy atom. The second kappa shape index (κ2) is 12.3. The van der Waals surface area contributed by atoms with E-state index >= 15 is 0 Å². The third-order valence-corrected chi connectivity index (χ3v) is 13.3. The zero-order valence-corrected chi connectivity index (χ0v) is 29.2. The second-order valence-corrected chi connectivity index (χ2v) is 20.7. The van der Waals surface area contributed by atoms with Crippen molar-refractivity contribution in [1.82, 2.24) is 20.1 Å². The number of ether oxygens (including phenoxy) is 1. The summed E-state index contributed by atoms with van der Waals surface area (Å²) in [6.07, 6.45) is 6.36. The lowest BCUT2D eigenvalue weighted by Gasteiger charge is -2.38. The summed E-state index contributed by atoms with van der Waals surface area (Å²) in [6, 6.07) is 6.15. The third-order valence-electron chi connectivity index (χ3n) is 8.72. The molecule has 0 radical (unpaired) electrons. The van der Waals surface area contributed by atoms with Gasteiger partial charge in [0.05, 0.1) is 11.2 Å². The van der Waals surface area contributed by atoms with Gasteiger partial charge in [0.2, 0.25) is 0 Å². The molecule has 236 valence electrons. The van der Waals surface area contributed by atoms with E-state index < -0.39 is 8.32 Å². The van der Waals surface area contributed by atoms with Gasteiger partial charge in [-0.05, 0) is 110 Å². The first-order valence-corrected chi connectivity index (χ1v) is 18.7. The molecule has 0 saturated heterocycles. The minimum atomic E-state index is -1.80. The Bertz CT molecular complexity index is 1350. The largest absolute Gasteiger partial charge is 0.446 e. The van der Waals surface area contributed by atoms with Gasteiger partial charge in [-0.3, -0.25) is 0 Å². The van der Waals surface area contributed by atoms with Gasteiger partial charge >= 0.3 is 6.09 Å². The van der Waals surface area contributed by atoms with Gasteiger partial charge in [0.15, 0.2) is 8.32 Å².